The molecule has 0 heterocycles. The molecule has 0 fully saturated rings. The standard InChI is InChI=1S/C19H23FO3/c1-15(20)19(21)23-14-6-5-13-22-18-11-9-17(10-12-18)16-7-3-2-4-8-16/h2-3,7,9,11H,1,4-6,8,10,12-14H2. The minimum Gasteiger partial charge on any atom is -0.498 e. The van der Waals surface area contributed by atoms with Crippen molar-refractivity contribution in [2.45, 2.75) is 38.5 Å². The molecule has 0 saturated heterocycles. The Morgan fingerprint density at radius 1 is 1.09 bits per heavy atom. The van der Waals surface area contributed by atoms with Gasteiger partial charge in [0.05, 0.1) is 19.0 Å². The fourth-order valence-corrected chi connectivity index (χ4v) is 2.53. The highest BCUT2D eigenvalue weighted by Gasteiger charge is 2.12. The first-order chi connectivity index (χ1) is 11.2. The second-order valence-electron chi connectivity index (χ2n) is 5.58. The Balaban J connectivity index is 1.63. The molecular formula is C19H23FO3. The van der Waals surface area contributed by atoms with Crippen LogP contribution in [-0.4, -0.2) is 19.2 Å². The molecular weight excluding hydrogens is 295 g/mol. The lowest BCUT2D eigenvalue weighted by atomic mass is 9.91. The highest BCUT2D eigenvalue weighted by atomic mass is 19.1. The number of carbonyl (C=O) groups is 1. The molecule has 2 rings (SSSR count). The zero-order chi connectivity index (χ0) is 16.5. The largest absolute Gasteiger partial charge is 0.498 e. The highest BCUT2D eigenvalue weighted by molar-refractivity contribution is 5.85. The van der Waals surface area contributed by atoms with Gasteiger partial charge in [-0.2, -0.15) is 4.39 Å². The summed E-state index contributed by atoms with van der Waals surface area (Å²) in [6.07, 6.45) is 16.3. The minimum absolute atomic E-state index is 0.190. The molecule has 0 aliphatic heterocycles. The van der Waals surface area contributed by atoms with Crippen LogP contribution in [0, 0.1) is 0 Å². The van der Waals surface area contributed by atoms with Gasteiger partial charge in [-0.1, -0.05) is 30.9 Å². The van der Waals surface area contributed by atoms with Gasteiger partial charge in [-0.3, -0.25) is 0 Å². The summed E-state index contributed by atoms with van der Waals surface area (Å²) in [6.45, 7) is 3.65. The van der Waals surface area contributed by atoms with E-state index in [1.54, 1.807) is 0 Å². The summed E-state index contributed by atoms with van der Waals surface area (Å²) in [5.74, 6) is -1.04. The van der Waals surface area contributed by atoms with Gasteiger partial charge in [0.1, 0.15) is 0 Å². The van der Waals surface area contributed by atoms with E-state index < -0.39 is 11.8 Å². The lowest BCUT2D eigenvalue weighted by molar-refractivity contribution is -0.140. The maximum atomic E-state index is 12.4. The van der Waals surface area contributed by atoms with Crippen LogP contribution in [0.5, 0.6) is 0 Å². The van der Waals surface area contributed by atoms with Crippen molar-refractivity contribution in [2.75, 3.05) is 13.2 Å². The van der Waals surface area contributed by atoms with Gasteiger partial charge in [-0.15, -0.1) is 0 Å². The molecule has 0 amide bonds. The Morgan fingerprint density at radius 3 is 2.52 bits per heavy atom. The zero-order valence-electron chi connectivity index (χ0n) is 13.4. The molecule has 3 nitrogen and oxygen atoms in total. The number of ether oxygens (including phenoxy) is 2. The van der Waals surface area contributed by atoms with Crippen LogP contribution in [0.3, 0.4) is 0 Å². The van der Waals surface area contributed by atoms with Crippen LogP contribution < -0.4 is 0 Å². The molecule has 0 atom stereocenters. The second-order valence-corrected chi connectivity index (χ2v) is 5.58. The van der Waals surface area contributed by atoms with Crippen molar-refractivity contribution in [3.05, 3.63) is 59.7 Å². The maximum Gasteiger partial charge on any atom is 0.366 e. The van der Waals surface area contributed by atoms with E-state index in [9.17, 15) is 9.18 Å². The van der Waals surface area contributed by atoms with Gasteiger partial charge in [-0.05, 0) is 49.3 Å². The van der Waals surface area contributed by atoms with Gasteiger partial charge >= 0.3 is 5.97 Å². The molecule has 0 N–H and O–H groups in total. The maximum absolute atomic E-state index is 12.4. The van der Waals surface area contributed by atoms with Crippen LogP contribution in [0.15, 0.2) is 59.7 Å². The number of halogens is 1. The van der Waals surface area contributed by atoms with E-state index in [4.69, 9.17) is 4.74 Å². The molecule has 0 aromatic heterocycles. The Morgan fingerprint density at radius 2 is 1.87 bits per heavy atom. The number of unbranched alkanes of at least 4 members (excludes halogenated alkanes) is 1. The first-order valence-corrected chi connectivity index (χ1v) is 8.07. The van der Waals surface area contributed by atoms with E-state index in [1.165, 1.54) is 11.1 Å². The SMILES string of the molecule is C=C(F)C(=O)OCCCCOC1=CC=C(C2=CC=CCC2)CC1. The second kappa shape index (κ2) is 9.13. The Labute approximate surface area is 136 Å². The number of allylic oxidation sites excluding steroid dienone is 8. The predicted octanol–water partition coefficient (Wildman–Crippen LogP) is 4.69. The van der Waals surface area contributed by atoms with Gasteiger partial charge in [0.25, 0.3) is 0 Å². The van der Waals surface area contributed by atoms with Crippen molar-refractivity contribution in [3.8, 4) is 0 Å². The molecule has 0 unspecified atom stereocenters. The van der Waals surface area contributed by atoms with Crippen LogP contribution in [-0.2, 0) is 14.3 Å². The van der Waals surface area contributed by atoms with Crippen molar-refractivity contribution in [3.63, 3.8) is 0 Å². The zero-order valence-corrected chi connectivity index (χ0v) is 13.4. The van der Waals surface area contributed by atoms with E-state index >= 15 is 0 Å². The van der Waals surface area contributed by atoms with Crippen molar-refractivity contribution in [2.24, 2.45) is 0 Å². The smallest absolute Gasteiger partial charge is 0.366 e. The van der Waals surface area contributed by atoms with Crippen molar-refractivity contribution in [1.82, 2.24) is 0 Å². The topological polar surface area (TPSA) is 35.5 Å². The van der Waals surface area contributed by atoms with Crippen molar-refractivity contribution < 1.29 is 18.7 Å². The molecule has 0 aromatic carbocycles. The lowest BCUT2D eigenvalue weighted by Crippen LogP contribution is -2.07. The van der Waals surface area contributed by atoms with Gasteiger partial charge in [0, 0.05) is 6.42 Å². The Bertz CT molecular complexity index is 567. The van der Waals surface area contributed by atoms with Crippen molar-refractivity contribution >= 4 is 5.97 Å². The Kier molecular flexibility index (Phi) is 6.85. The molecule has 2 aliphatic carbocycles. The third-order valence-electron chi connectivity index (χ3n) is 3.82. The van der Waals surface area contributed by atoms with E-state index in [0.717, 1.165) is 37.9 Å². The quantitative estimate of drug-likeness (QED) is 0.370. The summed E-state index contributed by atoms with van der Waals surface area (Å²) in [4.78, 5) is 10.8. The number of rotatable bonds is 8. The third kappa shape index (κ3) is 5.89. The average molecular weight is 318 g/mol. The number of esters is 1. The van der Waals surface area contributed by atoms with Crippen LogP contribution in [0.4, 0.5) is 4.39 Å². The number of hydrogen-bond acceptors (Lipinski definition) is 3. The minimum atomic E-state index is -1.06. The average Bonchev–Trinajstić information content (AvgIpc) is 2.59. The first-order valence-electron chi connectivity index (χ1n) is 8.07. The van der Waals surface area contributed by atoms with Gasteiger partial charge in [0.2, 0.25) is 5.83 Å². The monoisotopic (exact) mass is 318 g/mol. The summed E-state index contributed by atoms with van der Waals surface area (Å²) in [5, 5.41) is 0. The molecule has 4 heteroatoms. The van der Waals surface area contributed by atoms with Gasteiger partial charge in [-0.25, -0.2) is 4.79 Å². The van der Waals surface area contributed by atoms with Gasteiger partial charge < -0.3 is 9.47 Å². The van der Waals surface area contributed by atoms with Crippen LogP contribution >= 0.6 is 0 Å². The lowest BCUT2D eigenvalue weighted by Gasteiger charge is -2.18. The van der Waals surface area contributed by atoms with E-state index in [2.05, 4.69) is 35.6 Å². The molecule has 124 valence electrons. The predicted molar refractivity (Wildman–Crippen MR) is 88.3 cm³/mol. The fourth-order valence-electron chi connectivity index (χ4n) is 2.53. The van der Waals surface area contributed by atoms with E-state index in [1.807, 2.05) is 6.08 Å². The Hall–Kier alpha value is -2.10. The van der Waals surface area contributed by atoms with Gasteiger partial charge in [0.15, 0.2) is 0 Å². The number of hydrogen-bond donors (Lipinski definition) is 0. The van der Waals surface area contributed by atoms with Crippen LogP contribution in [0.25, 0.3) is 0 Å². The third-order valence-corrected chi connectivity index (χ3v) is 3.82. The van der Waals surface area contributed by atoms with E-state index in [-0.39, 0.29) is 6.61 Å². The highest BCUT2D eigenvalue weighted by Crippen LogP contribution is 2.28. The summed E-state index contributed by atoms with van der Waals surface area (Å²) >= 11 is 0. The van der Waals surface area contributed by atoms with Crippen molar-refractivity contribution in [1.29, 1.82) is 0 Å². The fraction of sp³-hybridized carbons (Fsp3) is 0.421. The van der Waals surface area contributed by atoms with Crippen LogP contribution in [0.1, 0.15) is 38.5 Å². The van der Waals surface area contributed by atoms with E-state index in [0.29, 0.717) is 13.0 Å². The first kappa shape index (κ1) is 17.3. The molecule has 23 heavy (non-hydrogen) atoms. The summed E-state index contributed by atoms with van der Waals surface area (Å²) in [5.41, 5.74) is 2.83. The summed E-state index contributed by atoms with van der Waals surface area (Å²) < 4.78 is 22.8. The molecule has 0 bridgehead atoms. The normalized spacial score (nSPS) is 17.0. The summed E-state index contributed by atoms with van der Waals surface area (Å²) in [7, 11) is 0. The summed E-state index contributed by atoms with van der Waals surface area (Å²) in [6, 6.07) is 0. The molecule has 0 aromatic rings. The molecule has 2 aliphatic rings. The molecule has 0 radical (unpaired) electrons. The molecule has 0 saturated carbocycles. The number of carbonyl (C=O) groups excluding carboxylic acids is 1. The van der Waals surface area contributed by atoms with Crippen LogP contribution in [0.2, 0.25) is 0 Å². The molecule has 0 spiro atoms.